The molecule has 1 aliphatic heterocycles. The third kappa shape index (κ3) is 5.34. The Balaban J connectivity index is 1.37. The average molecular weight is 594 g/mol. The van der Waals surface area contributed by atoms with Gasteiger partial charge in [-0.3, -0.25) is 15.1 Å². The second-order valence-electron chi connectivity index (χ2n) is 9.78. The molecule has 2 atom stereocenters. The van der Waals surface area contributed by atoms with Crippen molar-refractivity contribution in [1.29, 1.82) is 0 Å². The van der Waals surface area contributed by atoms with Gasteiger partial charge in [-0.2, -0.15) is 0 Å². The van der Waals surface area contributed by atoms with Crippen LogP contribution < -0.4 is 15.0 Å². The molecular formula is C32H27N5O3S2. The number of benzene rings is 3. The van der Waals surface area contributed by atoms with E-state index >= 15 is 0 Å². The Kier molecular flexibility index (Phi) is 7.64. The predicted molar refractivity (Wildman–Crippen MR) is 169 cm³/mol. The fourth-order valence-electron chi connectivity index (χ4n) is 5.25. The van der Waals surface area contributed by atoms with E-state index in [4.69, 9.17) is 17.0 Å². The van der Waals surface area contributed by atoms with Crippen LogP contribution in [0.1, 0.15) is 29.2 Å². The molecule has 3 aromatic carbocycles. The minimum Gasteiger partial charge on any atom is -0.497 e. The third-order valence-electron chi connectivity index (χ3n) is 7.24. The van der Waals surface area contributed by atoms with Gasteiger partial charge in [0.1, 0.15) is 11.8 Å². The highest BCUT2D eigenvalue weighted by Gasteiger charge is 2.42. The lowest BCUT2D eigenvalue weighted by Crippen LogP contribution is -2.30. The van der Waals surface area contributed by atoms with E-state index in [-0.39, 0.29) is 17.8 Å². The maximum absolute atomic E-state index is 11.0. The number of nitrogens with zero attached hydrogens (tertiary/aromatic N) is 4. The Labute approximate surface area is 253 Å². The standard InChI is InChI=1S/C32H27N5O3S2/c1-21-6-19-29(35(21)22-7-13-25(40-2)14-8-22)31-30(28-5-3-4-20-33-28)34-32(41)36(31)23-9-15-26(16-10-23)42-27-17-11-24(12-18-27)37(38)39/h3-20,30-31H,1-2H3,(H,34,41)/t30-,31-/m0/s1. The van der Waals surface area contributed by atoms with Crippen LogP contribution in [0.2, 0.25) is 0 Å². The number of aromatic nitrogens is 2. The summed E-state index contributed by atoms with van der Waals surface area (Å²) in [5.74, 6) is 0.800. The van der Waals surface area contributed by atoms with Crippen LogP contribution >= 0.6 is 24.0 Å². The maximum atomic E-state index is 11.0. The zero-order chi connectivity index (χ0) is 29.2. The van der Waals surface area contributed by atoms with Gasteiger partial charge in [-0.1, -0.05) is 17.8 Å². The molecule has 0 spiro atoms. The zero-order valence-electron chi connectivity index (χ0n) is 22.9. The zero-order valence-corrected chi connectivity index (χ0v) is 24.5. The van der Waals surface area contributed by atoms with Crippen LogP contribution in [0, 0.1) is 17.0 Å². The maximum Gasteiger partial charge on any atom is 0.269 e. The number of hydrogen-bond donors (Lipinski definition) is 1. The molecule has 1 fully saturated rings. The Morgan fingerprint density at radius 2 is 1.57 bits per heavy atom. The molecule has 42 heavy (non-hydrogen) atoms. The molecule has 0 radical (unpaired) electrons. The summed E-state index contributed by atoms with van der Waals surface area (Å²) >= 11 is 7.49. The van der Waals surface area contributed by atoms with Crippen LogP contribution in [-0.2, 0) is 0 Å². The molecule has 1 saturated heterocycles. The SMILES string of the molecule is COc1ccc(-n2c(C)ccc2[C@H]2[C@H](c3ccccn3)NC(=S)N2c2ccc(Sc3ccc([N+](=O)[O-])cc3)cc2)cc1. The molecular weight excluding hydrogens is 567 g/mol. The van der Waals surface area contributed by atoms with E-state index in [1.54, 1.807) is 37.2 Å². The van der Waals surface area contributed by atoms with Crippen LogP contribution in [0.25, 0.3) is 5.69 Å². The smallest absolute Gasteiger partial charge is 0.269 e. The monoisotopic (exact) mass is 593 g/mol. The second kappa shape index (κ2) is 11.7. The summed E-state index contributed by atoms with van der Waals surface area (Å²) in [4.78, 5) is 19.4. The fourth-order valence-corrected chi connectivity index (χ4v) is 6.42. The van der Waals surface area contributed by atoms with E-state index in [2.05, 4.69) is 63.1 Å². The summed E-state index contributed by atoms with van der Waals surface area (Å²) in [5.41, 5.74) is 5.13. The molecule has 0 aliphatic carbocycles. The lowest BCUT2D eigenvalue weighted by molar-refractivity contribution is -0.384. The summed E-state index contributed by atoms with van der Waals surface area (Å²) in [6, 6.07) is 32.7. The van der Waals surface area contributed by atoms with Gasteiger partial charge >= 0.3 is 0 Å². The number of hydrogen-bond acceptors (Lipinski definition) is 6. The normalized spacial score (nSPS) is 16.3. The predicted octanol–water partition coefficient (Wildman–Crippen LogP) is 7.43. The van der Waals surface area contributed by atoms with E-state index in [0.29, 0.717) is 5.11 Å². The third-order valence-corrected chi connectivity index (χ3v) is 8.57. The minimum absolute atomic E-state index is 0.0767. The number of ether oxygens (including phenoxy) is 1. The number of nitro groups is 1. The summed E-state index contributed by atoms with van der Waals surface area (Å²) in [6.45, 7) is 2.10. The van der Waals surface area contributed by atoms with Gasteiger partial charge in [-0.15, -0.1) is 0 Å². The number of thiocarbonyl (C=S) groups is 1. The van der Waals surface area contributed by atoms with Crippen molar-refractivity contribution in [2.75, 3.05) is 12.0 Å². The molecule has 1 N–H and O–H groups in total. The molecule has 0 bridgehead atoms. The molecule has 6 rings (SSSR count). The van der Waals surface area contributed by atoms with Crippen molar-refractivity contribution >= 4 is 40.5 Å². The van der Waals surface area contributed by atoms with Crippen LogP contribution in [-0.4, -0.2) is 26.7 Å². The highest BCUT2D eigenvalue weighted by molar-refractivity contribution is 7.99. The lowest BCUT2D eigenvalue weighted by atomic mass is 10.0. The molecule has 2 aromatic heterocycles. The van der Waals surface area contributed by atoms with Gasteiger partial charge in [0.05, 0.1) is 23.8 Å². The van der Waals surface area contributed by atoms with Crippen molar-refractivity contribution in [3.05, 3.63) is 137 Å². The Hall–Kier alpha value is -4.67. The largest absolute Gasteiger partial charge is 0.497 e. The number of nitro benzene ring substituents is 1. The van der Waals surface area contributed by atoms with Crippen molar-refractivity contribution in [3.63, 3.8) is 0 Å². The van der Waals surface area contributed by atoms with E-state index in [1.165, 1.54) is 12.1 Å². The topological polar surface area (TPSA) is 85.5 Å². The summed E-state index contributed by atoms with van der Waals surface area (Å²) < 4.78 is 7.64. The summed E-state index contributed by atoms with van der Waals surface area (Å²) in [7, 11) is 1.66. The van der Waals surface area contributed by atoms with Crippen molar-refractivity contribution in [2.24, 2.45) is 0 Å². The number of methoxy groups -OCH3 is 1. The number of rotatable bonds is 8. The van der Waals surface area contributed by atoms with Gasteiger partial charge in [-0.05, 0) is 104 Å². The van der Waals surface area contributed by atoms with E-state index in [1.807, 2.05) is 42.5 Å². The first kappa shape index (κ1) is 27.5. The van der Waals surface area contributed by atoms with Gasteiger partial charge in [0.2, 0.25) is 0 Å². The Morgan fingerprint density at radius 3 is 2.19 bits per heavy atom. The molecule has 5 aromatic rings. The van der Waals surface area contributed by atoms with Gasteiger partial charge in [0.15, 0.2) is 5.11 Å². The van der Waals surface area contributed by atoms with Crippen LogP contribution in [0.15, 0.2) is 119 Å². The first-order valence-corrected chi connectivity index (χ1v) is 14.5. The Morgan fingerprint density at radius 1 is 0.905 bits per heavy atom. The van der Waals surface area contributed by atoms with Gasteiger partial charge < -0.3 is 19.5 Å². The molecule has 0 amide bonds. The quantitative estimate of drug-likeness (QED) is 0.113. The van der Waals surface area contributed by atoms with Gasteiger partial charge in [0.25, 0.3) is 5.69 Å². The number of anilines is 1. The van der Waals surface area contributed by atoms with Crippen molar-refractivity contribution in [1.82, 2.24) is 14.9 Å². The highest BCUT2D eigenvalue weighted by Crippen LogP contribution is 2.43. The van der Waals surface area contributed by atoms with Crippen LogP contribution in [0.5, 0.6) is 5.75 Å². The van der Waals surface area contributed by atoms with E-state index < -0.39 is 4.92 Å². The number of nitrogens with one attached hydrogen (secondary N) is 1. The van der Waals surface area contributed by atoms with E-state index in [0.717, 1.165) is 44.0 Å². The summed E-state index contributed by atoms with van der Waals surface area (Å²) in [5, 5.41) is 15.2. The first-order chi connectivity index (χ1) is 20.4. The van der Waals surface area contributed by atoms with Gasteiger partial charge in [0, 0.05) is 50.9 Å². The molecule has 10 heteroatoms. The van der Waals surface area contributed by atoms with Crippen molar-refractivity contribution in [2.45, 2.75) is 28.8 Å². The molecule has 0 saturated carbocycles. The highest BCUT2D eigenvalue weighted by atomic mass is 32.2. The number of aryl methyl sites for hydroxylation is 1. The first-order valence-electron chi connectivity index (χ1n) is 13.3. The molecule has 8 nitrogen and oxygen atoms in total. The number of pyridine rings is 1. The van der Waals surface area contributed by atoms with Crippen molar-refractivity contribution in [3.8, 4) is 11.4 Å². The molecule has 0 unspecified atom stereocenters. The van der Waals surface area contributed by atoms with Crippen molar-refractivity contribution < 1.29 is 9.66 Å². The minimum atomic E-state index is -0.391. The molecule has 1 aliphatic rings. The second-order valence-corrected chi connectivity index (χ2v) is 11.3. The summed E-state index contributed by atoms with van der Waals surface area (Å²) in [6.07, 6.45) is 1.80. The molecule has 3 heterocycles. The van der Waals surface area contributed by atoms with Gasteiger partial charge in [-0.25, -0.2) is 0 Å². The lowest BCUT2D eigenvalue weighted by Gasteiger charge is -2.29. The average Bonchev–Trinajstić information content (AvgIpc) is 3.57. The molecule has 210 valence electrons. The van der Waals surface area contributed by atoms with Crippen LogP contribution in [0.4, 0.5) is 11.4 Å². The van der Waals surface area contributed by atoms with E-state index in [9.17, 15) is 10.1 Å². The Bertz CT molecular complexity index is 1720. The number of non-ortho nitro benzene ring substituents is 1. The fraction of sp³-hybridized carbons (Fsp3) is 0.125. The van der Waals surface area contributed by atoms with Crippen LogP contribution in [0.3, 0.4) is 0 Å².